The minimum absolute atomic E-state index is 0.256. The number of rotatable bonds is 2. The van der Waals surface area contributed by atoms with E-state index in [0.29, 0.717) is 6.42 Å². The Hall–Kier alpha value is -1.92. The summed E-state index contributed by atoms with van der Waals surface area (Å²) in [5.74, 6) is 0. The molecule has 0 bridgehead atoms. The molecule has 15 heavy (non-hydrogen) atoms. The standard InChI is InChI=1S/C12H11N3/c13-6-5-12(14)11-8-15-7-9-3-1-2-4-10(9)11/h1-4,7-8,12H,5,14H2/t12-/m1/s1. The van der Waals surface area contributed by atoms with Crippen molar-refractivity contribution in [2.45, 2.75) is 12.5 Å². The van der Waals surface area contributed by atoms with Crippen LogP contribution in [0.1, 0.15) is 18.0 Å². The number of hydrogen-bond donors (Lipinski definition) is 1. The van der Waals surface area contributed by atoms with Gasteiger partial charge in [0.2, 0.25) is 0 Å². The third kappa shape index (κ3) is 1.80. The van der Waals surface area contributed by atoms with Gasteiger partial charge in [-0.05, 0) is 10.9 Å². The second-order valence-electron chi connectivity index (χ2n) is 3.42. The number of aromatic nitrogens is 1. The number of nitrogens with zero attached hydrogens (tertiary/aromatic N) is 2. The smallest absolute Gasteiger partial charge is 0.0641 e. The highest BCUT2D eigenvalue weighted by Gasteiger charge is 2.09. The fraction of sp³-hybridized carbons (Fsp3) is 0.167. The van der Waals surface area contributed by atoms with Crippen molar-refractivity contribution >= 4 is 10.8 Å². The summed E-state index contributed by atoms with van der Waals surface area (Å²) >= 11 is 0. The number of nitriles is 1. The van der Waals surface area contributed by atoms with Crippen LogP contribution in [0.3, 0.4) is 0 Å². The molecule has 0 unspecified atom stereocenters. The molecule has 0 aliphatic carbocycles. The average Bonchev–Trinajstić information content (AvgIpc) is 2.28. The summed E-state index contributed by atoms with van der Waals surface area (Å²) in [6.07, 6.45) is 3.86. The third-order valence-corrected chi connectivity index (χ3v) is 2.41. The SMILES string of the molecule is N#CC[C@@H](N)c1cncc2ccccc12. The van der Waals surface area contributed by atoms with Crippen molar-refractivity contribution < 1.29 is 0 Å². The Labute approximate surface area is 88.2 Å². The van der Waals surface area contributed by atoms with Gasteiger partial charge in [-0.3, -0.25) is 4.98 Å². The lowest BCUT2D eigenvalue weighted by atomic mass is 10.0. The van der Waals surface area contributed by atoms with E-state index >= 15 is 0 Å². The van der Waals surface area contributed by atoms with E-state index < -0.39 is 0 Å². The highest BCUT2D eigenvalue weighted by molar-refractivity contribution is 5.85. The predicted molar refractivity (Wildman–Crippen MR) is 58.9 cm³/mol. The van der Waals surface area contributed by atoms with Gasteiger partial charge in [-0.15, -0.1) is 0 Å². The summed E-state index contributed by atoms with van der Waals surface area (Å²) in [4.78, 5) is 4.13. The van der Waals surface area contributed by atoms with Crippen LogP contribution in [0.2, 0.25) is 0 Å². The van der Waals surface area contributed by atoms with E-state index in [0.717, 1.165) is 16.3 Å². The molecule has 0 saturated heterocycles. The van der Waals surface area contributed by atoms with Gasteiger partial charge < -0.3 is 5.73 Å². The van der Waals surface area contributed by atoms with Crippen LogP contribution in [0.15, 0.2) is 36.7 Å². The molecular formula is C12H11N3. The van der Waals surface area contributed by atoms with Gasteiger partial charge in [0.1, 0.15) is 0 Å². The first-order valence-electron chi connectivity index (χ1n) is 4.78. The summed E-state index contributed by atoms with van der Waals surface area (Å²) in [6, 6.07) is 9.74. The fourth-order valence-corrected chi connectivity index (χ4v) is 1.64. The van der Waals surface area contributed by atoms with E-state index in [9.17, 15) is 0 Å². The van der Waals surface area contributed by atoms with Crippen LogP contribution in [0.5, 0.6) is 0 Å². The van der Waals surface area contributed by atoms with Crippen molar-refractivity contribution in [2.75, 3.05) is 0 Å². The van der Waals surface area contributed by atoms with Crippen molar-refractivity contribution in [3.8, 4) is 6.07 Å². The average molecular weight is 197 g/mol. The topological polar surface area (TPSA) is 62.7 Å². The molecule has 2 aromatic rings. The Morgan fingerprint density at radius 3 is 2.93 bits per heavy atom. The number of pyridine rings is 1. The molecule has 2 N–H and O–H groups in total. The minimum atomic E-state index is -0.256. The lowest BCUT2D eigenvalue weighted by Crippen LogP contribution is -2.10. The van der Waals surface area contributed by atoms with Gasteiger partial charge in [-0.1, -0.05) is 24.3 Å². The van der Waals surface area contributed by atoms with Gasteiger partial charge in [0.05, 0.1) is 12.5 Å². The Morgan fingerprint density at radius 1 is 1.33 bits per heavy atom. The summed E-state index contributed by atoms with van der Waals surface area (Å²) < 4.78 is 0. The molecule has 1 atom stereocenters. The first-order chi connectivity index (χ1) is 7.33. The zero-order valence-electron chi connectivity index (χ0n) is 8.22. The Morgan fingerprint density at radius 2 is 2.13 bits per heavy atom. The fourth-order valence-electron chi connectivity index (χ4n) is 1.64. The summed E-state index contributed by atoms with van der Waals surface area (Å²) in [7, 11) is 0. The molecule has 0 spiro atoms. The highest BCUT2D eigenvalue weighted by atomic mass is 14.7. The largest absolute Gasteiger partial charge is 0.323 e. The van der Waals surface area contributed by atoms with Crippen LogP contribution in [-0.4, -0.2) is 4.98 Å². The molecule has 0 amide bonds. The van der Waals surface area contributed by atoms with Crippen molar-refractivity contribution in [1.82, 2.24) is 4.98 Å². The maximum absolute atomic E-state index is 8.62. The second-order valence-corrected chi connectivity index (χ2v) is 3.42. The number of nitrogens with two attached hydrogens (primary N) is 1. The monoisotopic (exact) mass is 197 g/mol. The second kappa shape index (κ2) is 4.07. The molecule has 0 aliphatic rings. The van der Waals surface area contributed by atoms with E-state index in [2.05, 4.69) is 11.1 Å². The number of benzene rings is 1. The van der Waals surface area contributed by atoms with Crippen molar-refractivity contribution in [3.05, 3.63) is 42.2 Å². The quantitative estimate of drug-likeness (QED) is 0.802. The Kier molecular flexibility index (Phi) is 2.61. The molecule has 2 rings (SSSR count). The van der Waals surface area contributed by atoms with Gasteiger partial charge >= 0.3 is 0 Å². The van der Waals surface area contributed by atoms with Crippen LogP contribution in [0, 0.1) is 11.3 Å². The third-order valence-electron chi connectivity index (χ3n) is 2.41. The summed E-state index contributed by atoms with van der Waals surface area (Å²) in [6.45, 7) is 0. The van der Waals surface area contributed by atoms with Gasteiger partial charge in [0.25, 0.3) is 0 Å². The Bertz CT molecular complexity index is 508. The highest BCUT2D eigenvalue weighted by Crippen LogP contribution is 2.22. The lowest BCUT2D eigenvalue weighted by Gasteiger charge is -2.10. The molecule has 0 fully saturated rings. The van der Waals surface area contributed by atoms with Crippen LogP contribution in [0.4, 0.5) is 0 Å². The van der Waals surface area contributed by atoms with Crippen LogP contribution < -0.4 is 5.73 Å². The number of fused-ring (bicyclic) bond motifs is 1. The number of hydrogen-bond acceptors (Lipinski definition) is 3. The maximum Gasteiger partial charge on any atom is 0.0641 e. The van der Waals surface area contributed by atoms with Crippen LogP contribution in [-0.2, 0) is 0 Å². The molecule has 0 saturated carbocycles. The van der Waals surface area contributed by atoms with Crippen molar-refractivity contribution in [1.29, 1.82) is 5.26 Å². The molecule has 3 nitrogen and oxygen atoms in total. The van der Waals surface area contributed by atoms with Crippen molar-refractivity contribution in [3.63, 3.8) is 0 Å². The van der Waals surface area contributed by atoms with Crippen LogP contribution in [0.25, 0.3) is 10.8 Å². The molecular weight excluding hydrogens is 186 g/mol. The molecule has 1 aromatic heterocycles. The molecule has 0 radical (unpaired) electrons. The lowest BCUT2D eigenvalue weighted by molar-refractivity contribution is 0.751. The normalized spacial score (nSPS) is 12.3. The molecule has 74 valence electrons. The minimum Gasteiger partial charge on any atom is -0.323 e. The molecule has 0 aliphatic heterocycles. The van der Waals surface area contributed by atoms with E-state index in [1.807, 2.05) is 24.3 Å². The van der Waals surface area contributed by atoms with Gasteiger partial charge in [-0.25, -0.2) is 0 Å². The summed E-state index contributed by atoms with van der Waals surface area (Å²) in [5.41, 5.74) is 6.85. The first kappa shape index (κ1) is 9.63. The van der Waals surface area contributed by atoms with Crippen LogP contribution >= 0.6 is 0 Å². The van der Waals surface area contributed by atoms with E-state index in [1.54, 1.807) is 12.4 Å². The van der Waals surface area contributed by atoms with Gasteiger partial charge in [0, 0.05) is 23.8 Å². The first-order valence-corrected chi connectivity index (χ1v) is 4.78. The molecule has 3 heteroatoms. The van der Waals surface area contributed by atoms with Crippen molar-refractivity contribution in [2.24, 2.45) is 5.73 Å². The van der Waals surface area contributed by atoms with Gasteiger partial charge in [-0.2, -0.15) is 5.26 Å². The Balaban J connectivity index is 2.56. The maximum atomic E-state index is 8.62. The van der Waals surface area contributed by atoms with E-state index in [4.69, 9.17) is 11.0 Å². The van der Waals surface area contributed by atoms with E-state index in [1.165, 1.54) is 0 Å². The molecule has 1 heterocycles. The predicted octanol–water partition coefficient (Wildman–Crippen LogP) is 2.15. The molecule has 1 aromatic carbocycles. The van der Waals surface area contributed by atoms with Gasteiger partial charge in [0.15, 0.2) is 0 Å². The van der Waals surface area contributed by atoms with E-state index in [-0.39, 0.29) is 6.04 Å². The zero-order valence-corrected chi connectivity index (χ0v) is 8.22. The summed E-state index contributed by atoms with van der Waals surface area (Å²) in [5, 5.41) is 10.8. The zero-order chi connectivity index (χ0) is 10.7.